The quantitative estimate of drug-likeness (QED) is 0.539. The molecule has 6 rings (SSSR count). The lowest BCUT2D eigenvalue weighted by molar-refractivity contribution is -0.155. The van der Waals surface area contributed by atoms with E-state index in [4.69, 9.17) is 9.47 Å². The second-order valence-electron chi connectivity index (χ2n) is 10.7. The monoisotopic (exact) mass is 498 g/mol. The molecule has 4 aliphatic rings. The molecule has 190 valence electrons. The van der Waals surface area contributed by atoms with Crippen molar-refractivity contribution in [1.82, 2.24) is 9.80 Å². The lowest BCUT2D eigenvalue weighted by atomic mass is 10.0. The molecule has 1 saturated carbocycles. The van der Waals surface area contributed by atoms with E-state index < -0.39 is 6.04 Å². The fourth-order valence-corrected chi connectivity index (χ4v) is 5.77. The number of benzene rings is 2. The van der Waals surface area contributed by atoms with Crippen LogP contribution in [0.25, 0.3) is 0 Å². The number of allylic oxidation sites excluding steroid dienone is 2. The number of amides is 2. The van der Waals surface area contributed by atoms with Crippen molar-refractivity contribution in [1.29, 1.82) is 0 Å². The maximum atomic E-state index is 13.5. The van der Waals surface area contributed by atoms with Crippen LogP contribution in [0.15, 0.2) is 72.8 Å². The molecule has 37 heavy (non-hydrogen) atoms. The van der Waals surface area contributed by atoms with E-state index in [1.165, 1.54) is 0 Å². The molecular formula is C30H30N2O5. The van der Waals surface area contributed by atoms with E-state index in [9.17, 15) is 14.4 Å². The Morgan fingerprint density at radius 1 is 1.08 bits per heavy atom. The molecule has 0 N–H and O–H groups in total. The molecule has 1 saturated heterocycles. The van der Waals surface area contributed by atoms with Crippen LogP contribution in [0.1, 0.15) is 47.7 Å². The third-order valence-electron chi connectivity index (χ3n) is 7.93. The summed E-state index contributed by atoms with van der Waals surface area (Å²) in [6.07, 6.45) is 10.2. The number of hydrogen-bond acceptors (Lipinski definition) is 5. The van der Waals surface area contributed by atoms with Gasteiger partial charge < -0.3 is 19.3 Å². The average molecular weight is 499 g/mol. The van der Waals surface area contributed by atoms with E-state index in [-0.39, 0.29) is 48.5 Å². The Hall–Kier alpha value is -3.87. The molecule has 2 aromatic carbocycles. The number of carbonyl (C=O) groups excluding carboxylic acids is 3. The molecule has 2 fully saturated rings. The maximum absolute atomic E-state index is 13.5. The molecular weight excluding hydrogens is 468 g/mol. The highest BCUT2D eigenvalue weighted by Crippen LogP contribution is 2.59. The number of nitrogens with zero attached hydrogens (tertiary/aromatic N) is 2. The largest absolute Gasteiger partial charge is 0.486 e. The van der Waals surface area contributed by atoms with Gasteiger partial charge in [0.1, 0.15) is 31.0 Å². The van der Waals surface area contributed by atoms with Gasteiger partial charge in [-0.25, -0.2) is 4.79 Å². The predicted molar refractivity (Wildman–Crippen MR) is 136 cm³/mol. The number of hydrogen-bond donors (Lipinski definition) is 0. The molecule has 0 aromatic heterocycles. The van der Waals surface area contributed by atoms with Gasteiger partial charge in [0.2, 0.25) is 5.91 Å². The molecule has 1 unspecified atom stereocenters. The van der Waals surface area contributed by atoms with Crippen molar-refractivity contribution in [3.63, 3.8) is 0 Å². The predicted octanol–water partition coefficient (Wildman–Crippen LogP) is 4.03. The number of fused-ring (bicyclic) bond motifs is 2. The fourth-order valence-electron chi connectivity index (χ4n) is 5.77. The van der Waals surface area contributed by atoms with E-state index in [1.54, 1.807) is 15.9 Å². The average Bonchev–Trinajstić information content (AvgIpc) is 3.33. The minimum atomic E-state index is -0.613. The van der Waals surface area contributed by atoms with Gasteiger partial charge in [-0.2, -0.15) is 0 Å². The molecule has 2 aliphatic heterocycles. The van der Waals surface area contributed by atoms with E-state index in [2.05, 4.69) is 6.92 Å². The lowest BCUT2D eigenvalue weighted by Crippen LogP contribution is -2.48. The molecule has 2 amide bonds. The summed E-state index contributed by atoms with van der Waals surface area (Å²) < 4.78 is 11.6. The van der Waals surface area contributed by atoms with Gasteiger partial charge in [0.15, 0.2) is 0 Å². The topological polar surface area (TPSA) is 76.2 Å². The van der Waals surface area contributed by atoms with Gasteiger partial charge >= 0.3 is 5.97 Å². The SMILES string of the molecule is C[C@@]12C[C@@H]1N(C(=O)CN1Cc3ccc(OC4C=CC=CC4)cc3C1=O)[C@H](C(=O)OCc1ccccc1)C2. The zero-order valence-electron chi connectivity index (χ0n) is 20.8. The third-order valence-corrected chi connectivity index (χ3v) is 7.93. The first-order chi connectivity index (χ1) is 17.9. The van der Waals surface area contributed by atoms with Gasteiger partial charge in [-0.15, -0.1) is 0 Å². The Kier molecular flexibility index (Phi) is 5.86. The highest BCUT2D eigenvalue weighted by molar-refractivity contribution is 6.01. The molecule has 7 nitrogen and oxygen atoms in total. The van der Waals surface area contributed by atoms with Crippen LogP contribution in [-0.2, 0) is 27.5 Å². The van der Waals surface area contributed by atoms with Gasteiger partial charge in [0.05, 0.1) is 0 Å². The van der Waals surface area contributed by atoms with Gasteiger partial charge in [-0.3, -0.25) is 9.59 Å². The van der Waals surface area contributed by atoms with Crippen LogP contribution in [0.4, 0.5) is 0 Å². The van der Waals surface area contributed by atoms with Crippen LogP contribution < -0.4 is 4.74 Å². The molecule has 4 atom stereocenters. The molecule has 0 bridgehead atoms. The van der Waals surface area contributed by atoms with Gasteiger partial charge in [-0.05, 0) is 47.6 Å². The number of carbonyl (C=O) groups is 3. The first kappa shape index (κ1) is 23.5. The van der Waals surface area contributed by atoms with E-state index in [0.717, 1.165) is 24.0 Å². The highest BCUT2D eigenvalue weighted by atomic mass is 16.5. The van der Waals surface area contributed by atoms with Gasteiger partial charge in [0.25, 0.3) is 5.91 Å². The van der Waals surface area contributed by atoms with E-state index in [1.807, 2.05) is 66.8 Å². The zero-order chi connectivity index (χ0) is 25.6. The first-order valence-electron chi connectivity index (χ1n) is 12.9. The van der Waals surface area contributed by atoms with Crippen molar-refractivity contribution in [2.75, 3.05) is 6.54 Å². The Labute approximate surface area is 216 Å². The summed E-state index contributed by atoms with van der Waals surface area (Å²) in [5.74, 6) is -0.131. The Morgan fingerprint density at radius 2 is 1.92 bits per heavy atom. The van der Waals surface area contributed by atoms with Gasteiger partial charge in [-0.1, -0.05) is 61.5 Å². The van der Waals surface area contributed by atoms with Crippen LogP contribution in [0, 0.1) is 5.41 Å². The summed E-state index contributed by atoms with van der Waals surface area (Å²) in [4.78, 5) is 42.9. The molecule has 0 spiro atoms. The molecule has 2 aromatic rings. The maximum Gasteiger partial charge on any atom is 0.329 e. The van der Waals surface area contributed by atoms with Crippen LogP contribution in [0.2, 0.25) is 0 Å². The summed E-state index contributed by atoms with van der Waals surface area (Å²) in [6.45, 7) is 2.59. The van der Waals surface area contributed by atoms with E-state index in [0.29, 0.717) is 24.3 Å². The van der Waals surface area contributed by atoms with Crippen LogP contribution in [-0.4, -0.2) is 52.3 Å². The molecule has 0 radical (unpaired) electrons. The summed E-state index contributed by atoms with van der Waals surface area (Å²) in [7, 11) is 0. The van der Waals surface area contributed by atoms with Crippen molar-refractivity contribution in [2.45, 2.75) is 57.5 Å². The van der Waals surface area contributed by atoms with Crippen molar-refractivity contribution in [3.8, 4) is 5.75 Å². The fraction of sp³-hybridized carbons (Fsp3) is 0.367. The minimum Gasteiger partial charge on any atom is -0.486 e. The summed E-state index contributed by atoms with van der Waals surface area (Å²) in [5, 5.41) is 0. The Balaban J connectivity index is 1.11. The Morgan fingerprint density at radius 3 is 2.70 bits per heavy atom. The molecule has 2 aliphatic carbocycles. The second-order valence-corrected chi connectivity index (χ2v) is 10.7. The number of likely N-dealkylation sites (tertiary alicyclic amines) is 1. The summed E-state index contributed by atoms with van der Waals surface area (Å²) in [5.41, 5.74) is 2.29. The number of piperidine rings is 1. The number of esters is 1. The Bertz CT molecular complexity index is 1300. The first-order valence-corrected chi connectivity index (χ1v) is 12.9. The van der Waals surface area contributed by atoms with Crippen molar-refractivity contribution >= 4 is 17.8 Å². The molecule has 7 heteroatoms. The van der Waals surface area contributed by atoms with Crippen LogP contribution in [0.3, 0.4) is 0 Å². The summed E-state index contributed by atoms with van der Waals surface area (Å²) >= 11 is 0. The van der Waals surface area contributed by atoms with Crippen molar-refractivity contribution < 1.29 is 23.9 Å². The minimum absolute atomic E-state index is 0.0203. The normalized spacial score (nSPS) is 27.2. The second kappa shape index (κ2) is 9.21. The highest BCUT2D eigenvalue weighted by Gasteiger charge is 2.64. The van der Waals surface area contributed by atoms with E-state index >= 15 is 0 Å². The smallest absolute Gasteiger partial charge is 0.329 e. The third kappa shape index (κ3) is 4.54. The zero-order valence-corrected chi connectivity index (χ0v) is 20.8. The standard InChI is InChI=1S/C30H30N2O5/c1-30-15-25(29(35)36-19-20-8-4-2-5-9-20)32(26(30)16-30)27(33)18-31-17-21-12-13-23(14-24(21)28(31)34)37-22-10-6-3-7-11-22/h2-10,12-14,22,25-26H,11,15-19H2,1H3/t22?,25-,26-,30+/m0/s1. The molecule has 2 heterocycles. The van der Waals surface area contributed by atoms with Crippen molar-refractivity contribution in [3.05, 3.63) is 89.5 Å². The number of rotatable bonds is 7. The summed E-state index contributed by atoms with van der Waals surface area (Å²) in [6, 6.07) is 14.5. The van der Waals surface area contributed by atoms with Crippen molar-refractivity contribution in [2.24, 2.45) is 5.41 Å². The van der Waals surface area contributed by atoms with Crippen LogP contribution in [0.5, 0.6) is 5.75 Å². The number of ether oxygens (including phenoxy) is 2. The van der Waals surface area contributed by atoms with Gasteiger partial charge in [0, 0.05) is 24.6 Å². The lowest BCUT2D eigenvalue weighted by Gasteiger charge is -2.28. The van der Waals surface area contributed by atoms with Crippen LogP contribution >= 0.6 is 0 Å².